The van der Waals surface area contributed by atoms with E-state index < -0.39 is 0 Å². The Labute approximate surface area is 206 Å². The molecule has 1 aromatic carbocycles. The Morgan fingerprint density at radius 2 is 1.24 bits per heavy atom. The summed E-state index contributed by atoms with van der Waals surface area (Å²) in [7, 11) is 1.42. The Hall–Kier alpha value is -1.38. The van der Waals surface area contributed by atoms with E-state index in [4.69, 9.17) is 24.7 Å². The van der Waals surface area contributed by atoms with Crippen molar-refractivity contribution in [2.75, 3.05) is 59.9 Å². The van der Waals surface area contributed by atoms with Gasteiger partial charge in [0, 0.05) is 19.6 Å². The first kappa shape index (κ1) is 31.6. The fourth-order valence-corrected chi connectivity index (χ4v) is 3.06. The number of rotatable bonds is 22. The molecule has 1 rings (SSSR count). The highest BCUT2D eigenvalue weighted by Crippen LogP contribution is 2.13. The van der Waals surface area contributed by atoms with Crippen LogP contribution in [0.25, 0.3) is 0 Å². The zero-order valence-corrected chi connectivity index (χ0v) is 21.1. The van der Waals surface area contributed by atoms with Crippen molar-refractivity contribution in [1.82, 2.24) is 0 Å². The molecule has 0 atom stereocenters. The standard InChI is InChI=1S/C25H43NO6.ClH/c1-28-25(27)9-5-4-7-17-30-20-22-31-21-19-29-16-6-2-3-8-18-32-24-12-10-23(11-13-24)14-15-26;/h10-13H,2-9,14-22,26H2,1H3;1H. The summed E-state index contributed by atoms with van der Waals surface area (Å²) in [6, 6.07) is 8.19. The number of nitrogens with two attached hydrogens (primary N) is 1. The van der Waals surface area contributed by atoms with E-state index in [1.54, 1.807) is 0 Å². The van der Waals surface area contributed by atoms with Crippen LogP contribution in [0, 0.1) is 0 Å². The van der Waals surface area contributed by atoms with Crippen LogP contribution in [-0.4, -0.2) is 65.9 Å². The van der Waals surface area contributed by atoms with Crippen LogP contribution in [0.3, 0.4) is 0 Å². The molecule has 0 saturated heterocycles. The highest BCUT2D eigenvalue weighted by Gasteiger charge is 1.99. The van der Waals surface area contributed by atoms with E-state index >= 15 is 0 Å². The van der Waals surface area contributed by atoms with E-state index in [-0.39, 0.29) is 18.4 Å². The van der Waals surface area contributed by atoms with Crippen LogP contribution in [-0.2, 0) is 30.2 Å². The van der Waals surface area contributed by atoms with Gasteiger partial charge >= 0.3 is 5.97 Å². The van der Waals surface area contributed by atoms with Crippen LogP contribution in [0.15, 0.2) is 24.3 Å². The third kappa shape index (κ3) is 19.8. The molecule has 0 bridgehead atoms. The van der Waals surface area contributed by atoms with E-state index in [9.17, 15) is 4.79 Å². The van der Waals surface area contributed by atoms with Gasteiger partial charge in [0.2, 0.25) is 0 Å². The molecule has 0 spiro atoms. The summed E-state index contributed by atoms with van der Waals surface area (Å²) >= 11 is 0. The summed E-state index contributed by atoms with van der Waals surface area (Å²) in [5.74, 6) is 0.780. The molecule has 0 saturated carbocycles. The van der Waals surface area contributed by atoms with Gasteiger partial charge in [0.25, 0.3) is 0 Å². The number of hydrogen-bond acceptors (Lipinski definition) is 7. The van der Waals surface area contributed by atoms with Crippen LogP contribution in [0.4, 0.5) is 0 Å². The van der Waals surface area contributed by atoms with Gasteiger partial charge in [-0.25, -0.2) is 0 Å². The van der Waals surface area contributed by atoms with Crippen molar-refractivity contribution in [2.45, 2.75) is 57.8 Å². The highest BCUT2D eigenvalue weighted by molar-refractivity contribution is 5.85. The summed E-state index contributed by atoms with van der Waals surface area (Å²) < 4.78 is 27.0. The smallest absolute Gasteiger partial charge is 0.305 e. The third-order valence-electron chi connectivity index (χ3n) is 4.95. The van der Waals surface area contributed by atoms with E-state index in [0.29, 0.717) is 46.0 Å². The molecule has 0 heterocycles. The van der Waals surface area contributed by atoms with E-state index in [1.165, 1.54) is 12.7 Å². The molecule has 0 aliphatic rings. The van der Waals surface area contributed by atoms with Crippen molar-refractivity contribution in [2.24, 2.45) is 5.73 Å². The molecule has 0 aliphatic heterocycles. The van der Waals surface area contributed by atoms with Crippen LogP contribution < -0.4 is 10.5 Å². The molecule has 192 valence electrons. The third-order valence-corrected chi connectivity index (χ3v) is 4.95. The van der Waals surface area contributed by atoms with Gasteiger partial charge in [0.15, 0.2) is 0 Å². The van der Waals surface area contributed by atoms with Gasteiger partial charge in [-0.05, 0) is 62.8 Å². The minimum atomic E-state index is -0.146. The van der Waals surface area contributed by atoms with E-state index in [2.05, 4.69) is 16.9 Å². The van der Waals surface area contributed by atoms with E-state index in [1.807, 2.05) is 12.1 Å². The largest absolute Gasteiger partial charge is 0.494 e. The molecule has 0 amide bonds. The van der Waals surface area contributed by atoms with Gasteiger partial charge in [-0.2, -0.15) is 0 Å². The molecule has 0 unspecified atom stereocenters. The number of benzene rings is 1. The topological polar surface area (TPSA) is 89.2 Å². The average Bonchev–Trinajstić information content (AvgIpc) is 2.81. The van der Waals surface area contributed by atoms with Crippen molar-refractivity contribution >= 4 is 18.4 Å². The summed E-state index contributed by atoms with van der Waals surface area (Å²) in [6.45, 7) is 5.30. The molecule has 7 nitrogen and oxygen atoms in total. The van der Waals surface area contributed by atoms with Crippen molar-refractivity contribution in [3.8, 4) is 5.75 Å². The van der Waals surface area contributed by atoms with Gasteiger partial charge in [0.05, 0.1) is 40.1 Å². The second kappa shape index (κ2) is 23.8. The Morgan fingerprint density at radius 3 is 1.79 bits per heavy atom. The van der Waals surface area contributed by atoms with Crippen LogP contribution in [0.2, 0.25) is 0 Å². The quantitative estimate of drug-likeness (QED) is 0.191. The molecule has 0 fully saturated rings. The van der Waals surface area contributed by atoms with Gasteiger partial charge in [0.1, 0.15) is 5.75 Å². The number of ether oxygens (including phenoxy) is 5. The van der Waals surface area contributed by atoms with Crippen LogP contribution in [0.5, 0.6) is 5.75 Å². The molecule has 8 heteroatoms. The maximum Gasteiger partial charge on any atom is 0.305 e. The Morgan fingerprint density at radius 1 is 0.727 bits per heavy atom. The van der Waals surface area contributed by atoms with Crippen molar-refractivity contribution in [3.05, 3.63) is 29.8 Å². The Balaban J connectivity index is 0.0000102. The molecule has 0 radical (unpaired) electrons. The van der Waals surface area contributed by atoms with Crippen LogP contribution in [0.1, 0.15) is 56.9 Å². The number of carbonyl (C=O) groups excluding carboxylic acids is 1. The lowest BCUT2D eigenvalue weighted by atomic mass is 10.1. The summed E-state index contributed by atoms with van der Waals surface area (Å²) in [5, 5.41) is 0. The van der Waals surface area contributed by atoms with Crippen molar-refractivity contribution in [1.29, 1.82) is 0 Å². The zero-order chi connectivity index (χ0) is 23.1. The fourth-order valence-electron chi connectivity index (χ4n) is 3.06. The number of hydrogen-bond donors (Lipinski definition) is 1. The number of halogens is 1. The first-order valence-electron chi connectivity index (χ1n) is 12.0. The molecular weight excluding hydrogens is 446 g/mol. The summed E-state index contributed by atoms with van der Waals surface area (Å²) in [6.07, 6.45) is 8.57. The first-order chi connectivity index (χ1) is 15.8. The zero-order valence-electron chi connectivity index (χ0n) is 20.3. The molecule has 1 aromatic rings. The van der Waals surface area contributed by atoms with Crippen molar-refractivity contribution in [3.63, 3.8) is 0 Å². The maximum absolute atomic E-state index is 11.0. The van der Waals surface area contributed by atoms with Gasteiger partial charge < -0.3 is 29.4 Å². The lowest BCUT2D eigenvalue weighted by Gasteiger charge is -2.08. The molecule has 0 aromatic heterocycles. The molecular formula is C25H44ClNO6. The Kier molecular flexibility index (Phi) is 22.8. The number of carbonyl (C=O) groups is 1. The lowest BCUT2D eigenvalue weighted by Crippen LogP contribution is -2.10. The second-order valence-corrected chi connectivity index (χ2v) is 7.67. The highest BCUT2D eigenvalue weighted by atomic mass is 35.5. The molecule has 33 heavy (non-hydrogen) atoms. The minimum Gasteiger partial charge on any atom is -0.494 e. The van der Waals surface area contributed by atoms with Crippen LogP contribution >= 0.6 is 12.4 Å². The fraction of sp³-hybridized carbons (Fsp3) is 0.720. The van der Waals surface area contributed by atoms with Gasteiger partial charge in [-0.1, -0.05) is 25.0 Å². The number of methoxy groups -OCH3 is 1. The maximum atomic E-state index is 11.0. The summed E-state index contributed by atoms with van der Waals surface area (Å²) in [5.41, 5.74) is 6.81. The SMILES string of the molecule is COC(=O)CCCCCOCCOCCOCCCCCCOc1ccc(CCN)cc1.Cl. The van der Waals surface area contributed by atoms with Crippen molar-refractivity contribution < 1.29 is 28.5 Å². The monoisotopic (exact) mass is 489 g/mol. The average molecular weight is 490 g/mol. The second-order valence-electron chi connectivity index (χ2n) is 7.67. The molecule has 0 aliphatic carbocycles. The lowest BCUT2D eigenvalue weighted by molar-refractivity contribution is -0.140. The van der Waals surface area contributed by atoms with E-state index in [0.717, 1.165) is 70.3 Å². The molecule has 2 N–H and O–H groups in total. The number of esters is 1. The van der Waals surface area contributed by atoms with Gasteiger partial charge in [-0.3, -0.25) is 4.79 Å². The number of unbranched alkanes of at least 4 members (excludes halogenated alkanes) is 5. The van der Waals surface area contributed by atoms with Gasteiger partial charge in [-0.15, -0.1) is 12.4 Å². The predicted molar refractivity (Wildman–Crippen MR) is 133 cm³/mol. The Bertz CT molecular complexity index is 558. The minimum absolute atomic E-state index is 0. The summed E-state index contributed by atoms with van der Waals surface area (Å²) in [4.78, 5) is 11.0. The first-order valence-corrected chi connectivity index (χ1v) is 12.0. The predicted octanol–water partition coefficient (Wildman–Crippen LogP) is 4.33. The normalized spacial score (nSPS) is 10.6.